The van der Waals surface area contributed by atoms with Crippen molar-refractivity contribution < 1.29 is 0 Å². The van der Waals surface area contributed by atoms with Gasteiger partial charge in [-0.15, -0.1) is 0 Å². The third kappa shape index (κ3) is 1.71. The molecule has 1 aliphatic rings. The Hall–Kier alpha value is -0.540. The van der Waals surface area contributed by atoms with Crippen LogP contribution >= 0.6 is 31.9 Å². The van der Waals surface area contributed by atoms with Crippen molar-refractivity contribution in [1.82, 2.24) is 0 Å². The van der Waals surface area contributed by atoms with Gasteiger partial charge in [0, 0.05) is 11.1 Å². The molecule has 1 nitrogen and oxygen atoms in total. The van der Waals surface area contributed by atoms with Gasteiger partial charge in [-0.25, -0.2) is 0 Å². The van der Waals surface area contributed by atoms with Gasteiger partial charge < -0.3 is 5.32 Å². The Bertz CT molecular complexity index is 604. The summed E-state index contributed by atoms with van der Waals surface area (Å²) in [7, 11) is 0. The van der Waals surface area contributed by atoms with Gasteiger partial charge >= 0.3 is 0 Å². The first-order valence-corrected chi connectivity index (χ1v) is 7.92. The van der Waals surface area contributed by atoms with Crippen molar-refractivity contribution in [2.75, 3.05) is 5.32 Å². The summed E-state index contributed by atoms with van der Waals surface area (Å²) in [6.45, 7) is 4.61. The first kappa shape index (κ1) is 12.5. The highest BCUT2D eigenvalue weighted by Gasteiger charge is 2.42. The molecule has 0 fully saturated rings. The number of benzene rings is 2. The number of rotatable bonds is 1. The molecule has 0 radical (unpaired) electrons. The van der Waals surface area contributed by atoms with Crippen LogP contribution in [0.25, 0.3) is 10.8 Å². The van der Waals surface area contributed by atoms with Gasteiger partial charge in [-0.1, -0.05) is 76.0 Å². The van der Waals surface area contributed by atoms with E-state index in [1.165, 1.54) is 22.0 Å². The number of anilines is 1. The molecule has 3 rings (SSSR count). The van der Waals surface area contributed by atoms with Gasteiger partial charge in [0.2, 0.25) is 0 Å². The predicted octanol–water partition coefficient (Wildman–Crippen LogP) is 5.03. The van der Waals surface area contributed by atoms with E-state index in [1.54, 1.807) is 0 Å². The van der Waals surface area contributed by atoms with E-state index in [1.807, 2.05) is 0 Å². The van der Waals surface area contributed by atoms with Gasteiger partial charge in [0.05, 0.1) is 9.78 Å². The lowest BCUT2D eigenvalue weighted by Gasteiger charge is -2.29. The molecule has 3 heteroatoms. The molecule has 0 saturated heterocycles. The van der Waals surface area contributed by atoms with E-state index in [0.29, 0.717) is 6.04 Å². The largest absolute Gasteiger partial charge is 0.379 e. The van der Waals surface area contributed by atoms with Gasteiger partial charge in [-0.05, 0) is 22.4 Å². The average molecular weight is 369 g/mol. The standard InChI is InChI=1S/C15H15Br2N/c1-15(2)12-10-6-4-3-5-9(10)7-8-11(12)18-13(15)14(16)17/h3-8,13-14,18H,1-2H3. The zero-order valence-corrected chi connectivity index (χ0v) is 13.5. The molecule has 1 unspecified atom stereocenters. The van der Waals surface area contributed by atoms with Crippen LogP contribution in [0.1, 0.15) is 19.4 Å². The summed E-state index contributed by atoms with van der Waals surface area (Å²) in [6, 6.07) is 13.3. The van der Waals surface area contributed by atoms with E-state index in [9.17, 15) is 0 Å². The van der Waals surface area contributed by atoms with Crippen LogP contribution < -0.4 is 5.32 Å². The molecular formula is C15H15Br2N. The lowest BCUT2D eigenvalue weighted by atomic mass is 9.79. The lowest BCUT2D eigenvalue weighted by Crippen LogP contribution is -2.38. The fourth-order valence-electron chi connectivity index (χ4n) is 2.97. The molecule has 2 aromatic rings. The molecular weight excluding hydrogens is 354 g/mol. The maximum atomic E-state index is 3.65. The quantitative estimate of drug-likeness (QED) is 0.696. The first-order valence-electron chi connectivity index (χ1n) is 6.09. The minimum absolute atomic E-state index is 0.0911. The van der Waals surface area contributed by atoms with Crippen LogP contribution in [0.15, 0.2) is 36.4 Å². The van der Waals surface area contributed by atoms with E-state index in [2.05, 4.69) is 87.4 Å². The van der Waals surface area contributed by atoms with Crippen molar-refractivity contribution >= 4 is 48.3 Å². The lowest BCUT2D eigenvalue weighted by molar-refractivity contribution is 0.489. The van der Waals surface area contributed by atoms with E-state index < -0.39 is 0 Å². The molecule has 0 amide bonds. The maximum Gasteiger partial charge on any atom is 0.0906 e. The Labute approximate surface area is 124 Å². The normalized spacial score (nSPS) is 21.1. The number of alkyl halides is 2. The fourth-order valence-corrected chi connectivity index (χ4v) is 4.55. The van der Waals surface area contributed by atoms with Crippen LogP contribution in [-0.2, 0) is 5.41 Å². The van der Waals surface area contributed by atoms with Gasteiger partial charge in [0.1, 0.15) is 0 Å². The zero-order chi connectivity index (χ0) is 12.9. The van der Waals surface area contributed by atoms with Crippen molar-refractivity contribution in [3.63, 3.8) is 0 Å². The van der Waals surface area contributed by atoms with Crippen molar-refractivity contribution in [2.24, 2.45) is 0 Å². The van der Waals surface area contributed by atoms with Gasteiger partial charge in [0.25, 0.3) is 0 Å². The Morgan fingerprint density at radius 1 is 1.11 bits per heavy atom. The van der Waals surface area contributed by atoms with E-state index >= 15 is 0 Å². The molecule has 94 valence electrons. The summed E-state index contributed by atoms with van der Waals surface area (Å²) >= 11 is 7.31. The minimum Gasteiger partial charge on any atom is -0.379 e. The van der Waals surface area contributed by atoms with Crippen LogP contribution in [0.2, 0.25) is 0 Å². The molecule has 1 N–H and O–H groups in total. The molecule has 18 heavy (non-hydrogen) atoms. The Balaban J connectivity index is 2.28. The highest BCUT2D eigenvalue weighted by Crippen LogP contribution is 2.47. The number of fused-ring (bicyclic) bond motifs is 3. The molecule has 0 bridgehead atoms. The summed E-state index contributed by atoms with van der Waals surface area (Å²) in [5.74, 6) is 0. The summed E-state index contributed by atoms with van der Waals surface area (Å²) in [5.41, 5.74) is 2.77. The monoisotopic (exact) mass is 367 g/mol. The van der Waals surface area contributed by atoms with Crippen LogP contribution in [0.3, 0.4) is 0 Å². The van der Waals surface area contributed by atoms with Crippen molar-refractivity contribution in [3.8, 4) is 0 Å². The molecule has 0 saturated carbocycles. The highest BCUT2D eigenvalue weighted by atomic mass is 79.9. The minimum atomic E-state index is 0.0911. The maximum absolute atomic E-state index is 3.65. The molecule has 0 spiro atoms. The second-order valence-corrected chi connectivity index (χ2v) is 8.59. The molecule has 1 aliphatic heterocycles. The zero-order valence-electron chi connectivity index (χ0n) is 10.4. The topological polar surface area (TPSA) is 12.0 Å². The van der Waals surface area contributed by atoms with E-state index in [0.717, 1.165) is 0 Å². The summed E-state index contributed by atoms with van der Waals surface area (Å²) in [6.07, 6.45) is 0. The highest BCUT2D eigenvalue weighted by molar-refractivity contribution is 9.24. The number of hydrogen-bond acceptors (Lipinski definition) is 1. The number of halogens is 2. The second-order valence-electron chi connectivity index (χ2n) is 5.39. The molecule has 1 atom stereocenters. The number of nitrogens with one attached hydrogen (secondary N) is 1. The van der Waals surface area contributed by atoms with Gasteiger partial charge in [-0.3, -0.25) is 0 Å². The summed E-state index contributed by atoms with van der Waals surface area (Å²) in [4.78, 5) is 0. The van der Waals surface area contributed by atoms with Crippen LogP contribution in [0, 0.1) is 0 Å². The van der Waals surface area contributed by atoms with Crippen LogP contribution in [0.5, 0.6) is 0 Å². The van der Waals surface area contributed by atoms with Crippen molar-refractivity contribution in [2.45, 2.75) is 29.0 Å². The Morgan fingerprint density at radius 2 is 1.83 bits per heavy atom. The molecule has 1 heterocycles. The molecule has 0 aliphatic carbocycles. The predicted molar refractivity (Wildman–Crippen MR) is 86.0 cm³/mol. The van der Waals surface area contributed by atoms with Crippen LogP contribution in [0.4, 0.5) is 5.69 Å². The SMILES string of the molecule is CC1(C)c2c(ccc3ccccc23)NC1C(Br)Br. The van der Waals surface area contributed by atoms with Gasteiger partial charge in [0.15, 0.2) is 0 Å². The van der Waals surface area contributed by atoms with E-state index in [4.69, 9.17) is 0 Å². The van der Waals surface area contributed by atoms with Crippen molar-refractivity contribution in [3.05, 3.63) is 42.0 Å². The Morgan fingerprint density at radius 3 is 2.56 bits per heavy atom. The average Bonchev–Trinajstić information content (AvgIpc) is 2.61. The first-order chi connectivity index (χ1) is 8.51. The van der Waals surface area contributed by atoms with E-state index in [-0.39, 0.29) is 9.15 Å². The number of hydrogen-bond donors (Lipinski definition) is 1. The van der Waals surface area contributed by atoms with Crippen molar-refractivity contribution in [1.29, 1.82) is 0 Å². The molecule has 2 aromatic carbocycles. The smallest absolute Gasteiger partial charge is 0.0906 e. The summed E-state index contributed by atoms with van der Waals surface area (Å²) < 4.78 is 0.256. The third-order valence-electron chi connectivity index (χ3n) is 3.91. The third-order valence-corrected chi connectivity index (χ3v) is 4.97. The molecule has 0 aromatic heterocycles. The second kappa shape index (κ2) is 4.24. The summed E-state index contributed by atoms with van der Waals surface area (Å²) in [5, 5.41) is 6.29. The Kier molecular flexibility index (Phi) is 2.94. The van der Waals surface area contributed by atoms with Gasteiger partial charge in [-0.2, -0.15) is 0 Å². The van der Waals surface area contributed by atoms with Crippen LogP contribution in [-0.4, -0.2) is 9.78 Å². The fraction of sp³-hybridized carbons (Fsp3) is 0.333.